The summed E-state index contributed by atoms with van der Waals surface area (Å²) in [4.78, 5) is 22.4. The van der Waals surface area contributed by atoms with Crippen LogP contribution in [-0.2, 0) is 14.8 Å². The smallest absolute Gasteiger partial charge is 0.303 e. The number of aliphatic carboxylic acids is 1. The van der Waals surface area contributed by atoms with E-state index in [1.165, 1.54) is 28.6 Å². The first-order valence-corrected chi connectivity index (χ1v) is 8.87. The molecule has 0 saturated heterocycles. The number of sulfonamides is 1. The first-order chi connectivity index (χ1) is 10.8. The molecule has 0 fully saturated rings. The van der Waals surface area contributed by atoms with E-state index in [0.717, 1.165) is 0 Å². The number of carboxylic acids is 1. The topological polar surface area (TPSA) is 104 Å². The Morgan fingerprint density at radius 2 is 1.70 bits per heavy atom. The number of nitrogens with zero attached hydrogens (tertiary/aromatic N) is 1. The van der Waals surface area contributed by atoms with Gasteiger partial charge in [0, 0.05) is 31.6 Å². The van der Waals surface area contributed by atoms with Crippen LogP contribution in [0.25, 0.3) is 0 Å². The second-order valence-corrected chi connectivity index (χ2v) is 6.80. The first kappa shape index (κ1) is 19.1. The van der Waals surface area contributed by atoms with Gasteiger partial charge in [-0.25, -0.2) is 8.42 Å². The zero-order chi connectivity index (χ0) is 17.5. The van der Waals surface area contributed by atoms with E-state index in [2.05, 4.69) is 5.32 Å². The number of nitrogens with one attached hydrogen (secondary N) is 1. The fourth-order valence-corrected chi connectivity index (χ4v) is 3.49. The monoisotopic (exact) mass is 342 g/mol. The van der Waals surface area contributed by atoms with Gasteiger partial charge in [-0.05, 0) is 30.7 Å². The molecule has 0 unspecified atom stereocenters. The van der Waals surface area contributed by atoms with Crippen molar-refractivity contribution >= 4 is 21.9 Å². The number of hydrogen-bond acceptors (Lipinski definition) is 4. The van der Waals surface area contributed by atoms with Crippen LogP contribution >= 0.6 is 0 Å². The van der Waals surface area contributed by atoms with Crippen molar-refractivity contribution in [2.24, 2.45) is 0 Å². The summed E-state index contributed by atoms with van der Waals surface area (Å²) < 4.78 is 26.0. The van der Waals surface area contributed by atoms with Gasteiger partial charge in [0.25, 0.3) is 5.91 Å². The molecule has 0 aliphatic carbocycles. The molecule has 8 heteroatoms. The van der Waals surface area contributed by atoms with Gasteiger partial charge in [-0.2, -0.15) is 4.31 Å². The van der Waals surface area contributed by atoms with E-state index in [9.17, 15) is 18.0 Å². The molecule has 0 aliphatic rings. The summed E-state index contributed by atoms with van der Waals surface area (Å²) in [5.41, 5.74) is 0.332. The normalized spacial score (nSPS) is 11.4. The Bertz CT molecular complexity index is 636. The lowest BCUT2D eigenvalue weighted by Crippen LogP contribution is -2.30. The second kappa shape index (κ2) is 8.64. The van der Waals surface area contributed by atoms with Gasteiger partial charge in [0.05, 0.1) is 4.90 Å². The summed E-state index contributed by atoms with van der Waals surface area (Å²) in [6.45, 7) is 4.54. The summed E-state index contributed by atoms with van der Waals surface area (Å²) >= 11 is 0. The van der Waals surface area contributed by atoms with Crippen LogP contribution in [0, 0.1) is 0 Å². The maximum atomic E-state index is 12.3. The molecule has 0 bridgehead atoms. The first-order valence-electron chi connectivity index (χ1n) is 7.43. The standard InChI is InChI=1S/C15H22N2O5S/c1-3-17(4-2)23(21,22)13-9-7-12(8-10-13)15(20)16-11-5-6-14(18)19/h7-10H,3-6,11H2,1-2H3,(H,16,20)(H,18,19). The number of rotatable bonds is 9. The molecule has 0 atom stereocenters. The highest BCUT2D eigenvalue weighted by Crippen LogP contribution is 2.16. The molecule has 0 radical (unpaired) electrons. The van der Waals surface area contributed by atoms with Crippen molar-refractivity contribution in [1.29, 1.82) is 0 Å². The number of amides is 1. The van der Waals surface area contributed by atoms with E-state index in [0.29, 0.717) is 25.1 Å². The quantitative estimate of drug-likeness (QED) is 0.659. The Morgan fingerprint density at radius 1 is 1.13 bits per heavy atom. The number of carbonyl (C=O) groups is 2. The summed E-state index contributed by atoms with van der Waals surface area (Å²) in [7, 11) is -3.54. The molecule has 0 heterocycles. The van der Waals surface area contributed by atoms with Crippen molar-refractivity contribution < 1.29 is 23.1 Å². The minimum absolute atomic E-state index is 0.0126. The zero-order valence-corrected chi connectivity index (χ0v) is 14.1. The molecule has 0 saturated carbocycles. The van der Waals surface area contributed by atoms with Crippen LogP contribution in [0.3, 0.4) is 0 Å². The molecule has 0 spiro atoms. The maximum absolute atomic E-state index is 12.3. The van der Waals surface area contributed by atoms with Gasteiger partial charge in [0.15, 0.2) is 0 Å². The SMILES string of the molecule is CCN(CC)S(=O)(=O)c1ccc(C(=O)NCCCC(=O)O)cc1. The van der Waals surface area contributed by atoms with Crippen molar-refractivity contribution in [2.45, 2.75) is 31.6 Å². The van der Waals surface area contributed by atoms with Gasteiger partial charge in [-0.3, -0.25) is 9.59 Å². The van der Waals surface area contributed by atoms with Gasteiger partial charge in [0.2, 0.25) is 10.0 Å². The highest BCUT2D eigenvalue weighted by Gasteiger charge is 2.21. The lowest BCUT2D eigenvalue weighted by atomic mass is 10.2. The van der Waals surface area contributed by atoms with Crippen molar-refractivity contribution in [3.05, 3.63) is 29.8 Å². The van der Waals surface area contributed by atoms with E-state index >= 15 is 0 Å². The van der Waals surface area contributed by atoms with Crippen LogP contribution in [0.1, 0.15) is 37.0 Å². The number of carbonyl (C=O) groups excluding carboxylic acids is 1. The lowest BCUT2D eigenvalue weighted by Gasteiger charge is -2.18. The average molecular weight is 342 g/mol. The van der Waals surface area contributed by atoms with Gasteiger partial charge >= 0.3 is 5.97 Å². The van der Waals surface area contributed by atoms with Crippen LogP contribution in [0.5, 0.6) is 0 Å². The molecule has 1 amide bonds. The number of carboxylic acid groups (broad SMARTS) is 1. The Morgan fingerprint density at radius 3 is 2.17 bits per heavy atom. The van der Waals surface area contributed by atoms with Crippen molar-refractivity contribution in [3.63, 3.8) is 0 Å². The summed E-state index contributed by atoms with van der Waals surface area (Å²) in [5, 5.41) is 11.1. The maximum Gasteiger partial charge on any atom is 0.303 e. The summed E-state index contributed by atoms with van der Waals surface area (Å²) in [5.74, 6) is -1.27. The molecule has 23 heavy (non-hydrogen) atoms. The Kier molecular flexibility index (Phi) is 7.18. The Labute approximate surface area is 136 Å². The van der Waals surface area contributed by atoms with E-state index in [4.69, 9.17) is 5.11 Å². The van der Waals surface area contributed by atoms with E-state index in [1.54, 1.807) is 13.8 Å². The summed E-state index contributed by atoms with van der Waals surface area (Å²) in [6, 6.07) is 5.70. The predicted octanol–water partition coefficient (Wildman–Crippen LogP) is 1.31. The van der Waals surface area contributed by atoms with Crippen LogP contribution in [0.2, 0.25) is 0 Å². The van der Waals surface area contributed by atoms with Crippen LogP contribution < -0.4 is 5.32 Å². The zero-order valence-electron chi connectivity index (χ0n) is 13.3. The Hall–Kier alpha value is -1.93. The van der Waals surface area contributed by atoms with Crippen LogP contribution in [-0.4, -0.2) is 49.3 Å². The molecule has 7 nitrogen and oxygen atoms in total. The number of hydrogen-bond donors (Lipinski definition) is 2. The largest absolute Gasteiger partial charge is 0.481 e. The molecule has 1 aromatic rings. The fourth-order valence-electron chi connectivity index (χ4n) is 2.03. The predicted molar refractivity (Wildman–Crippen MR) is 85.8 cm³/mol. The van der Waals surface area contributed by atoms with Crippen LogP contribution in [0.4, 0.5) is 0 Å². The molecule has 2 N–H and O–H groups in total. The third kappa shape index (κ3) is 5.33. The van der Waals surface area contributed by atoms with Crippen molar-refractivity contribution in [2.75, 3.05) is 19.6 Å². The van der Waals surface area contributed by atoms with Crippen LogP contribution in [0.15, 0.2) is 29.2 Å². The summed E-state index contributed by atoms with van der Waals surface area (Å²) in [6.07, 6.45) is 0.330. The Balaban J connectivity index is 2.73. The van der Waals surface area contributed by atoms with Gasteiger partial charge < -0.3 is 10.4 Å². The minimum atomic E-state index is -3.54. The minimum Gasteiger partial charge on any atom is -0.481 e. The molecule has 1 aromatic carbocycles. The lowest BCUT2D eigenvalue weighted by molar-refractivity contribution is -0.137. The molecule has 0 aliphatic heterocycles. The fraction of sp³-hybridized carbons (Fsp3) is 0.467. The van der Waals surface area contributed by atoms with Gasteiger partial charge in [-0.1, -0.05) is 13.8 Å². The third-order valence-electron chi connectivity index (χ3n) is 3.31. The number of benzene rings is 1. The molecule has 128 valence electrons. The van der Waals surface area contributed by atoms with Crippen molar-refractivity contribution in [1.82, 2.24) is 9.62 Å². The second-order valence-electron chi connectivity index (χ2n) is 4.87. The van der Waals surface area contributed by atoms with Crippen molar-refractivity contribution in [3.8, 4) is 0 Å². The van der Waals surface area contributed by atoms with Gasteiger partial charge in [-0.15, -0.1) is 0 Å². The highest BCUT2D eigenvalue weighted by molar-refractivity contribution is 7.89. The third-order valence-corrected chi connectivity index (χ3v) is 5.38. The highest BCUT2D eigenvalue weighted by atomic mass is 32.2. The van der Waals surface area contributed by atoms with E-state index in [-0.39, 0.29) is 23.8 Å². The molecule has 0 aromatic heterocycles. The van der Waals surface area contributed by atoms with Gasteiger partial charge in [0.1, 0.15) is 0 Å². The molecular weight excluding hydrogens is 320 g/mol. The van der Waals surface area contributed by atoms with E-state index < -0.39 is 16.0 Å². The molecule has 1 rings (SSSR count). The van der Waals surface area contributed by atoms with E-state index in [1.807, 2.05) is 0 Å². The average Bonchev–Trinajstić information content (AvgIpc) is 2.52. The molecular formula is C15H22N2O5S.